The molecule has 0 radical (unpaired) electrons. The van der Waals surface area contributed by atoms with Crippen molar-refractivity contribution in [3.63, 3.8) is 0 Å². The van der Waals surface area contributed by atoms with Crippen LogP contribution in [-0.4, -0.2) is 26.1 Å². The quantitative estimate of drug-likeness (QED) is 0.578. The lowest BCUT2D eigenvalue weighted by atomic mass is 9.95. The van der Waals surface area contributed by atoms with Crippen LogP contribution in [0, 0.1) is 5.92 Å². The number of hydrogen-bond acceptors (Lipinski definition) is 4. The van der Waals surface area contributed by atoms with Crippen molar-refractivity contribution in [2.75, 3.05) is 20.3 Å². The number of rotatable bonds is 3. The van der Waals surface area contributed by atoms with Crippen LogP contribution in [0.4, 0.5) is 0 Å². The highest BCUT2D eigenvalue weighted by Crippen LogP contribution is 2.19. The van der Waals surface area contributed by atoms with E-state index in [4.69, 9.17) is 14.5 Å². The maximum Gasteiger partial charge on any atom is 0.168 e. The van der Waals surface area contributed by atoms with E-state index >= 15 is 0 Å². The highest BCUT2D eigenvalue weighted by molar-refractivity contribution is 5.98. The van der Waals surface area contributed by atoms with Gasteiger partial charge >= 0.3 is 0 Å². The van der Waals surface area contributed by atoms with Gasteiger partial charge in [-0.2, -0.15) is 0 Å². The first kappa shape index (κ1) is 11.1. The van der Waals surface area contributed by atoms with Crippen molar-refractivity contribution in [1.29, 1.82) is 0 Å². The van der Waals surface area contributed by atoms with E-state index in [-0.39, 0.29) is 11.7 Å². The molecule has 1 aliphatic heterocycles. The Balaban J connectivity index is 2.07. The first-order valence-electron chi connectivity index (χ1n) is 5.24. The first-order chi connectivity index (χ1) is 7.81. The van der Waals surface area contributed by atoms with E-state index in [1.54, 1.807) is 31.4 Å². The van der Waals surface area contributed by atoms with Crippen molar-refractivity contribution in [2.24, 2.45) is 5.92 Å². The van der Waals surface area contributed by atoms with Crippen LogP contribution in [0.2, 0.25) is 0 Å². The Bertz CT molecular complexity index is 352. The summed E-state index contributed by atoms with van der Waals surface area (Å²) in [5.74, 6) is 0.757. The van der Waals surface area contributed by atoms with E-state index in [1.165, 1.54) is 0 Å². The van der Waals surface area contributed by atoms with Crippen molar-refractivity contribution in [2.45, 2.75) is 6.42 Å². The fourth-order valence-electron chi connectivity index (χ4n) is 1.66. The molecule has 0 amide bonds. The molecule has 1 unspecified atom stereocenters. The molecule has 1 saturated heterocycles. The van der Waals surface area contributed by atoms with Crippen molar-refractivity contribution in [3.05, 3.63) is 29.8 Å². The number of carbonyl (C=O) groups excluding carboxylic acids is 1. The largest absolute Gasteiger partial charge is 0.497 e. The van der Waals surface area contributed by atoms with Crippen LogP contribution in [0.3, 0.4) is 0 Å². The second-order valence-corrected chi connectivity index (χ2v) is 3.68. The molecular formula is C12H14O4. The Kier molecular flexibility index (Phi) is 3.54. The summed E-state index contributed by atoms with van der Waals surface area (Å²) in [6.07, 6.45) is 0.713. The van der Waals surface area contributed by atoms with Gasteiger partial charge in [0.25, 0.3) is 0 Å². The van der Waals surface area contributed by atoms with Crippen LogP contribution >= 0.6 is 0 Å². The Morgan fingerprint density at radius 1 is 1.31 bits per heavy atom. The number of ether oxygens (including phenoxy) is 1. The number of hydrogen-bond donors (Lipinski definition) is 0. The molecule has 1 aromatic carbocycles. The van der Waals surface area contributed by atoms with E-state index in [1.807, 2.05) is 0 Å². The number of methoxy groups -OCH3 is 1. The maximum atomic E-state index is 12.0. The third-order valence-corrected chi connectivity index (χ3v) is 2.65. The molecule has 0 aromatic heterocycles. The molecule has 0 spiro atoms. The van der Waals surface area contributed by atoms with Crippen molar-refractivity contribution >= 4 is 5.78 Å². The predicted molar refractivity (Wildman–Crippen MR) is 57.3 cm³/mol. The topological polar surface area (TPSA) is 44.8 Å². The summed E-state index contributed by atoms with van der Waals surface area (Å²) in [5.41, 5.74) is 0.691. The molecule has 86 valence electrons. The molecule has 0 aliphatic carbocycles. The van der Waals surface area contributed by atoms with Crippen molar-refractivity contribution in [3.8, 4) is 5.75 Å². The highest BCUT2D eigenvalue weighted by atomic mass is 17.2. The second kappa shape index (κ2) is 5.09. The van der Waals surface area contributed by atoms with Crippen LogP contribution in [0.5, 0.6) is 5.75 Å². The lowest BCUT2D eigenvalue weighted by molar-refractivity contribution is -0.319. The summed E-state index contributed by atoms with van der Waals surface area (Å²) < 4.78 is 5.04. The minimum atomic E-state index is -0.0952. The Morgan fingerprint density at radius 2 is 2.06 bits per heavy atom. The summed E-state index contributed by atoms with van der Waals surface area (Å²) in [7, 11) is 1.60. The second-order valence-electron chi connectivity index (χ2n) is 3.68. The Morgan fingerprint density at radius 3 is 2.62 bits per heavy atom. The van der Waals surface area contributed by atoms with Gasteiger partial charge in [-0.1, -0.05) is 0 Å². The highest BCUT2D eigenvalue weighted by Gasteiger charge is 2.23. The zero-order valence-corrected chi connectivity index (χ0v) is 9.14. The van der Waals surface area contributed by atoms with E-state index in [9.17, 15) is 4.79 Å². The van der Waals surface area contributed by atoms with E-state index < -0.39 is 0 Å². The minimum absolute atomic E-state index is 0.0952. The number of Topliss-reactive ketones (excluding diaryl/α,β-unsaturated/α-hetero) is 1. The van der Waals surface area contributed by atoms with Gasteiger partial charge in [0.15, 0.2) is 5.78 Å². The van der Waals surface area contributed by atoms with Gasteiger partial charge in [0.1, 0.15) is 5.75 Å². The lowest BCUT2D eigenvalue weighted by Gasteiger charge is -2.19. The maximum absolute atomic E-state index is 12.0. The van der Waals surface area contributed by atoms with Gasteiger partial charge in [-0.3, -0.25) is 4.79 Å². The first-order valence-corrected chi connectivity index (χ1v) is 5.24. The van der Waals surface area contributed by atoms with Gasteiger partial charge in [-0.15, -0.1) is 0 Å². The minimum Gasteiger partial charge on any atom is -0.497 e. The third-order valence-electron chi connectivity index (χ3n) is 2.65. The van der Waals surface area contributed by atoms with Crippen LogP contribution in [0.15, 0.2) is 24.3 Å². The fourth-order valence-corrected chi connectivity index (χ4v) is 1.66. The average Bonchev–Trinajstić information content (AvgIpc) is 2.39. The number of ketones is 1. The molecule has 0 N–H and O–H groups in total. The SMILES string of the molecule is COc1ccc(C(=O)C2CCOOC2)cc1. The summed E-state index contributed by atoms with van der Waals surface area (Å²) in [6, 6.07) is 7.12. The van der Waals surface area contributed by atoms with Crippen LogP contribution < -0.4 is 4.74 Å². The average molecular weight is 222 g/mol. The summed E-state index contributed by atoms with van der Waals surface area (Å²) in [4.78, 5) is 21.6. The van der Waals surface area contributed by atoms with Crippen LogP contribution in [0.1, 0.15) is 16.8 Å². The molecule has 1 aliphatic rings. The molecule has 1 fully saturated rings. The molecule has 16 heavy (non-hydrogen) atoms. The van der Waals surface area contributed by atoms with E-state index in [0.29, 0.717) is 25.2 Å². The fraction of sp³-hybridized carbons (Fsp3) is 0.417. The van der Waals surface area contributed by atoms with Gasteiger partial charge in [0.2, 0.25) is 0 Å². The van der Waals surface area contributed by atoms with Gasteiger partial charge in [-0.25, -0.2) is 9.78 Å². The van der Waals surface area contributed by atoms with E-state index in [2.05, 4.69) is 0 Å². The zero-order chi connectivity index (χ0) is 11.4. The third kappa shape index (κ3) is 2.40. The zero-order valence-electron chi connectivity index (χ0n) is 9.14. The molecule has 1 heterocycles. The summed E-state index contributed by atoms with van der Waals surface area (Å²) in [5, 5.41) is 0. The summed E-state index contributed by atoms with van der Waals surface area (Å²) >= 11 is 0. The molecule has 0 bridgehead atoms. The van der Waals surface area contributed by atoms with E-state index in [0.717, 1.165) is 5.75 Å². The van der Waals surface area contributed by atoms with Gasteiger partial charge in [0.05, 0.1) is 26.2 Å². The van der Waals surface area contributed by atoms with Crippen molar-refractivity contribution in [1.82, 2.24) is 0 Å². The smallest absolute Gasteiger partial charge is 0.168 e. The molecule has 2 rings (SSSR count). The standard InChI is InChI=1S/C12H14O4/c1-14-11-4-2-9(3-5-11)12(13)10-6-7-15-16-8-10/h2-5,10H,6-8H2,1H3. The van der Waals surface area contributed by atoms with Gasteiger partial charge in [0, 0.05) is 5.56 Å². The molecule has 1 atom stereocenters. The molecular weight excluding hydrogens is 208 g/mol. The van der Waals surface area contributed by atoms with Crippen LogP contribution in [-0.2, 0) is 9.78 Å². The number of carbonyl (C=O) groups is 1. The normalized spacial score (nSPS) is 20.4. The molecule has 0 saturated carbocycles. The number of benzene rings is 1. The van der Waals surface area contributed by atoms with Gasteiger partial charge < -0.3 is 4.74 Å². The monoisotopic (exact) mass is 222 g/mol. The molecule has 4 nitrogen and oxygen atoms in total. The Labute approximate surface area is 94.0 Å². The lowest BCUT2D eigenvalue weighted by Crippen LogP contribution is -2.26. The molecule has 4 heteroatoms. The van der Waals surface area contributed by atoms with Crippen molar-refractivity contribution < 1.29 is 19.3 Å². The summed E-state index contributed by atoms with van der Waals surface area (Å²) in [6.45, 7) is 0.817. The predicted octanol–water partition coefficient (Wildman–Crippen LogP) is 1.85. The molecule has 1 aromatic rings. The van der Waals surface area contributed by atoms with Gasteiger partial charge in [-0.05, 0) is 30.7 Å². The Hall–Kier alpha value is -1.39. The van der Waals surface area contributed by atoms with Crippen LogP contribution in [0.25, 0.3) is 0 Å².